The first kappa shape index (κ1) is 19.3. The molecule has 7 heteroatoms. The fourth-order valence-corrected chi connectivity index (χ4v) is 4.14. The zero-order chi connectivity index (χ0) is 19.6. The molecule has 1 unspecified atom stereocenters. The lowest BCUT2D eigenvalue weighted by Crippen LogP contribution is -2.46. The molecule has 0 aliphatic carbocycles. The molecular weight excluding hydrogens is 344 g/mol. The van der Waals surface area contributed by atoms with Crippen LogP contribution in [0.4, 0.5) is 0 Å². The standard InChI is InChI=1S/C20H28N4O3/c1-4-22-12-20(11-17(22)25)13-23(18(26)15(2)3)9-10-24(14-20)19(27)16-5-7-21-8-6-16/h5-8,15H,4,9-14H2,1-3H3. The van der Waals surface area contributed by atoms with Gasteiger partial charge in [-0.3, -0.25) is 19.4 Å². The predicted molar refractivity (Wildman–Crippen MR) is 101 cm³/mol. The van der Waals surface area contributed by atoms with E-state index in [1.807, 2.05) is 30.6 Å². The molecule has 1 aromatic rings. The number of aromatic nitrogens is 1. The second-order valence-electron chi connectivity index (χ2n) is 7.96. The molecule has 2 fully saturated rings. The molecule has 1 aromatic heterocycles. The fraction of sp³-hybridized carbons (Fsp3) is 0.600. The van der Waals surface area contributed by atoms with Crippen LogP contribution in [0.25, 0.3) is 0 Å². The Kier molecular flexibility index (Phi) is 5.48. The first-order valence-electron chi connectivity index (χ1n) is 9.61. The van der Waals surface area contributed by atoms with Crippen molar-refractivity contribution in [3.63, 3.8) is 0 Å². The number of amides is 3. The molecule has 27 heavy (non-hydrogen) atoms. The molecule has 7 nitrogen and oxygen atoms in total. The summed E-state index contributed by atoms with van der Waals surface area (Å²) in [4.78, 5) is 47.6. The van der Waals surface area contributed by atoms with Gasteiger partial charge in [0, 0.05) is 75.0 Å². The molecule has 1 atom stereocenters. The highest BCUT2D eigenvalue weighted by atomic mass is 16.2. The monoisotopic (exact) mass is 372 g/mol. The molecule has 146 valence electrons. The second kappa shape index (κ2) is 7.66. The van der Waals surface area contributed by atoms with Crippen LogP contribution >= 0.6 is 0 Å². The van der Waals surface area contributed by atoms with Gasteiger partial charge in [-0.05, 0) is 19.1 Å². The lowest BCUT2D eigenvalue weighted by molar-refractivity contribution is -0.135. The van der Waals surface area contributed by atoms with Crippen molar-refractivity contribution in [1.29, 1.82) is 0 Å². The van der Waals surface area contributed by atoms with Crippen molar-refractivity contribution in [3.05, 3.63) is 30.1 Å². The van der Waals surface area contributed by atoms with Crippen LogP contribution in [0.1, 0.15) is 37.6 Å². The van der Waals surface area contributed by atoms with Gasteiger partial charge in [0.1, 0.15) is 0 Å². The quantitative estimate of drug-likeness (QED) is 0.801. The number of pyridine rings is 1. The highest BCUT2D eigenvalue weighted by molar-refractivity contribution is 5.94. The summed E-state index contributed by atoms with van der Waals surface area (Å²) in [6, 6.07) is 3.41. The lowest BCUT2D eigenvalue weighted by atomic mass is 9.85. The maximum atomic E-state index is 13.0. The maximum absolute atomic E-state index is 13.0. The van der Waals surface area contributed by atoms with E-state index in [-0.39, 0.29) is 23.6 Å². The summed E-state index contributed by atoms with van der Waals surface area (Å²) in [5.74, 6) is 0.00420. The van der Waals surface area contributed by atoms with Gasteiger partial charge in [-0.2, -0.15) is 0 Å². The van der Waals surface area contributed by atoms with E-state index in [0.29, 0.717) is 51.3 Å². The van der Waals surface area contributed by atoms with Crippen LogP contribution < -0.4 is 0 Å². The zero-order valence-corrected chi connectivity index (χ0v) is 16.4. The van der Waals surface area contributed by atoms with Crippen molar-refractivity contribution < 1.29 is 14.4 Å². The van der Waals surface area contributed by atoms with Crippen molar-refractivity contribution in [3.8, 4) is 0 Å². The van der Waals surface area contributed by atoms with Gasteiger partial charge >= 0.3 is 0 Å². The Balaban J connectivity index is 1.89. The van der Waals surface area contributed by atoms with Gasteiger partial charge in [0.2, 0.25) is 11.8 Å². The van der Waals surface area contributed by atoms with Gasteiger partial charge in [0.25, 0.3) is 5.91 Å². The Morgan fingerprint density at radius 1 is 1.11 bits per heavy atom. The molecular formula is C20H28N4O3. The first-order chi connectivity index (χ1) is 12.8. The summed E-state index contributed by atoms with van der Waals surface area (Å²) in [7, 11) is 0. The third-order valence-electron chi connectivity index (χ3n) is 5.50. The summed E-state index contributed by atoms with van der Waals surface area (Å²) >= 11 is 0. The zero-order valence-electron chi connectivity index (χ0n) is 16.4. The van der Waals surface area contributed by atoms with Crippen LogP contribution in [0.3, 0.4) is 0 Å². The number of carbonyl (C=O) groups excluding carboxylic acids is 3. The van der Waals surface area contributed by atoms with Gasteiger partial charge in [0.05, 0.1) is 0 Å². The Bertz CT molecular complexity index is 721. The number of carbonyl (C=O) groups is 3. The Labute approximate surface area is 160 Å². The second-order valence-corrected chi connectivity index (χ2v) is 7.96. The predicted octanol–water partition coefficient (Wildman–Crippen LogP) is 1.26. The Hall–Kier alpha value is -2.44. The number of hydrogen-bond donors (Lipinski definition) is 0. The van der Waals surface area contributed by atoms with Crippen LogP contribution in [0.5, 0.6) is 0 Å². The highest BCUT2D eigenvalue weighted by Crippen LogP contribution is 2.35. The molecule has 3 rings (SSSR count). The third-order valence-corrected chi connectivity index (χ3v) is 5.50. The fourth-order valence-electron chi connectivity index (χ4n) is 4.14. The minimum absolute atomic E-state index is 0.0713. The first-order valence-corrected chi connectivity index (χ1v) is 9.61. The van der Waals surface area contributed by atoms with Crippen LogP contribution in [-0.2, 0) is 9.59 Å². The molecule has 0 saturated carbocycles. The largest absolute Gasteiger partial charge is 0.342 e. The van der Waals surface area contributed by atoms with Crippen LogP contribution in [0, 0.1) is 11.3 Å². The van der Waals surface area contributed by atoms with Gasteiger partial charge in [0.15, 0.2) is 0 Å². The summed E-state index contributed by atoms with van der Waals surface area (Å²) in [6.07, 6.45) is 3.59. The summed E-state index contributed by atoms with van der Waals surface area (Å²) in [5.41, 5.74) is 0.178. The van der Waals surface area contributed by atoms with Crippen LogP contribution in [0.2, 0.25) is 0 Å². The smallest absolute Gasteiger partial charge is 0.254 e. The molecule has 3 heterocycles. The SMILES string of the molecule is CCN1CC2(CC1=O)CN(C(=O)c1ccncc1)CCN(C(=O)C(C)C)C2. The average Bonchev–Trinajstić information content (AvgIpc) is 2.86. The molecule has 0 bridgehead atoms. The van der Waals surface area contributed by atoms with Crippen molar-refractivity contribution in [2.75, 3.05) is 39.3 Å². The van der Waals surface area contributed by atoms with E-state index in [4.69, 9.17) is 0 Å². The third kappa shape index (κ3) is 3.96. The average molecular weight is 372 g/mol. The van der Waals surface area contributed by atoms with E-state index < -0.39 is 5.41 Å². The van der Waals surface area contributed by atoms with E-state index >= 15 is 0 Å². The molecule has 3 amide bonds. The number of likely N-dealkylation sites (tertiary alicyclic amines) is 1. The van der Waals surface area contributed by atoms with E-state index in [1.165, 1.54) is 0 Å². The topological polar surface area (TPSA) is 73.8 Å². The highest BCUT2D eigenvalue weighted by Gasteiger charge is 2.47. The number of rotatable bonds is 3. The van der Waals surface area contributed by atoms with Gasteiger partial charge < -0.3 is 14.7 Å². The van der Waals surface area contributed by atoms with Gasteiger partial charge in [-0.1, -0.05) is 13.8 Å². The summed E-state index contributed by atoms with van der Waals surface area (Å²) < 4.78 is 0. The Morgan fingerprint density at radius 3 is 2.33 bits per heavy atom. The molecule has 1 spiro atoms. The summed E-state index contributed by atoms with van der Waals surface area (Å²) in [5, 5.41) is 0. The molecule has 2 aliphatic rings. The molecule has 0 radical (unpaired) electrons. The van der Waals surface area contributed by atoms with Crippen molar-refractivity contribution >= 4 is 17.7 Å². The number of nitrogens with zero attached hydrogens (tertiary/aromatic N) is 4. The Morgan fingerprint density at radius 2 is 1.74 bits per heavy atom. The minimum Gasteiger partial charge on any atom is -0.342 e. The van der Waals surface area contributed by atoms with E-state index in [2.05, 4.69) is 4.98 Å². The molecule has 2 saturated heterocycles. The van der Waals surface area contributed by atoms with Gasteiger partial charge in [-0.25, -0.2) is 0 Å². The van der Waals surface area contributed by atoms with Crippen LogP contribution in [0.15, 0.2) is 24.5 Å². The van der Waals surface area contributed by atoms with E-state index in [9.17, 15) is 14.4 Å². The van der Waals surface area contributed by atoms with Gasteiger partial charge in [-0.15, -0.1) is 0 Å². The van der Waals surface area contributed by atoms with Crippen molar-refractivity contribution in [2.45, 2.75) is 27.2 Å². The number of hydrogen-bond acceptors (Lipinski definition) is 4. The summed E-state index contributed by atoms with van der Waals surface area (Å²) in [6.45, 7) is 8.95. The maximum Gasteiger partial charge on any atom is 0.254 e. The molecule has 0 aromatic carbocycles. The van der Waals surface area contributed by atoms with Crippen molar-refractivity contribution in [2.24, 2.45) is 11.3 Å². The van der Waals surface area contributed by atoms with Crippen LogP contribution in [-0.4, -0.2) is 76.7 Å². The lowest BCUT2D eigenvalue weighted by Gasteiger charge is -2.34. The van der Waals surface area contributed by atoms with E-state index in [0.717, 1.165) is 0 Å². The molecule has 0 N–H and O–H groups in total. The van der Waals surface area contributed by atoms with E-state index in [1.54, 1.807) is 29.4 Å². The molecule has 2 aliphatic heterocycles. The minimum atomic E-state index is -0.406. The normalized spacial score (nSPS) is 23.3. The van der Waals surface area contributed by atoms with Crippen molar-refractivity contribution in [1.82, 2.24) is 19.7 Å².